The van der Waals surface area contributed by atoms with Crippen LogP contribution in [-0.4, -0.2) is 26.7 Å². The monoisotopic (exact) mass is 505 g/mol. The smallest absolute Gasteiger partial charge is 0.286 e. The van der Waals surface area contributed by atoms with Gasteiger partial charge >= 0.3 is 0 Å². The molecule has 166 valence electrons. The number of halogens is 1. The van der Waals surface area contributed by atoms with Gasteiger partial charge in [-0.3, -0.25) is 4.79 Å². The molecule has 1 heterocycles. The van der Waals surface area contributed by atoms with Crippen LogP contribution in [0.15, 0.2) is 44.1 Å². The molecule has 2 aromatic rings. The fourth-order valence-electron chi connectivity index (χ4n) is 3.76. The first kappa shape index (κ1) is 23.5. The zero-order valence-corrected chi connectivity index (χ0v) is 20.9. The molecule has 0 saturated carbocycles. The van der Waals surface area contributed by atoms with Gasteiger partial charge in [-0.15, -0.1) is 4.40 Å². The molecule has 1 aliphatic heterocycles. The summed E-state index contributed by atoms with van der Waals surface area (Å²) in [5.41, 5.74) is 3.68. The molecule has 0 bridgehead atoms. The lowest BCUT2D eigenvalue weighted by molar-refractivity contribution is 0.102. The molecule has 1 N–H and O–H groups in total. The van der Waals surface area contributed by atoms with Crippen LogP contribution < -0.4 is 10.2 Å². The van der Waals surface area contributed by atoms with Crippen molar-refractivity contribution in [3.05, 3.63) is 51.5 Å². The van der Waals surface area contributed by atoms with Gasteiger partial charge in [0, 0.05) is 22.3 Å². The van der Waals surface area contributed by atoms with Crippen molar-refractivity contribution in [3.63, 3.8) is 0 Å². The van der Waals surface area contributed by atoms with Crippen LogP contribution in [0, 0.1) is 5.92 Å². The number of carbonyl (C=O) groups excluding carboxylic acids is 1. The van der Waals surface area contributed by atoms with Crippen molar-refractivity contribution in [2.24, 2.45) is 10.3 Å². The maximum Gasteiger partial charge on any atom is 0.286 e. The molecule has 0 atom stereocenters. The molecule has 0 unspecified atom stereocenters. The van der Waals surface area contributed by atoms with Crippen LogP contribution in [-0.2, 0) is 22.9 Å². The first-order valence-corrected chi connectivity index (χ1v) is 12.7. The van der Waals surface area contributed by atoms with Gasteiger partial charge in [0.2, 0.25) is 0 Å². The molecule has 31 heavy (non-hydrogen) atoms. The number of amidine groups is 1. The SMILES string of the molecule is CCc1cc(Br)cc(CC)c1NC(=O)c1ccc2c(c1)S(=O)(=O)N=C(C)N2CC(C)C. The van der Waals surface area contributed by atoms with Gasteiger partial charge in [0.25, 0.3) is 15.9 Å². The van der Waals surface area contributed by atoms with Crippen molar-refractivity contribution >= 4 is 49.1 Å². The molecule has 6 nitrogen and oxygen atoms in total. The Morgan fingerprint density at radius 3 is 2.29 bits per heavy atom. The van der Waals surface area contributed by atoms with Gasteiger partial charge in [-0.1, -0.05) is 43.6 Å². The van der Waals surface area contributed by atoms with E-state index in [-0.39, 0.29) is 16.4 Å². The van der Waals surface area contributed by atoms with Crippen LogP contribution in [0.3, 0.4) is 0 Å². The van der Waals surface area contributed by atoms with E-state index in [0.717, 1.165) is 34.1 Å². The highest BCUT2D eigenvalue weighted by atomic mass is 79.9. The summed E-state index contributed by atoms with van der Waals surface area (Å²) in [6.07, 6.45) is 1.53. The Bertz CT molecular complexity index is 1130. The molecule has 3 rings (SSSR count). The Hall–Kier alpha value is -2.19. The van der Waals surface area contributed by atoms with Crippen molar-refractivity contribution in [1.29, 1.82) is 0 Å². The summed E-state index contributed by atoms with van der Waals surface area (Å²) in [6, 6.07) is 8.79. The number of hydrogen-bond acceptors (Lipinski definition) is 4. The Morgan fingerprint density at radius 1 is 1.13 bits per heavy atom. The van der Waals surface area contributed by atoms with Crippen LogP contribution in [0.25, 0.3) is 0 Å². The Balaban J connectivity index is 2.01. The Morgan fingerprint density at radius 2 is 1.74 bits per heavy atom. The lowest BCUT2D eigenvalue weighted by atomic mass is 10.0. The second kappa shape index (κ2) is 9.12. The summed E-state index contributed by atoms with van der Waals surface area (Å²) in [5, 5.41) is 3.01. The molecule has 2 aromatic carbocycles. The van der Waals surface area contributed by atoms with Gasteiger partial charge < -0.3 is 10.2 Å². The lowest BCUT2D eigenvalue weighted by Crippen LogP contribution is -2.36. The highest BCUT2D eigenvalue weighted by Crippen LogP contribution is 2.34. The molecule has 0 radical (unpaired) electrons. The van der Waals surface area contributed by atoms with Gasteiger partial charge in [0.15, 0.2) is 0 Å². The summed E-state index contributed by atoms with van der Waals surface area (Å²) < 4.78 is 30.4. The van der Waals surface area contributed by atoms with Gasteiger partial charge in [0.1, 0.15) is 10.7 Å². The van der Waals surface area contributed by atoms with E-state index in [9.17, 15) is 13.2 Å². The maximum atomic E-state index is 13.1. The number of carbonyl (C=O) groups is 1. The third kappa shape index (κ3) is 4.85. The molecular weight excluding hydrogens is 478 g/mol. The van der Waals surface area contributed by atoms with Gasteiger partial charge in [0.05, 0.1) is 5.69 Å². The molecule has 8 heteroatoms. The highest BCUT2D eigenvalue weighted by Gasteiger charge is 2.30. The van der Waals surface area contributed by atoms with Crippen molar-refractivity contribution in [2.75, 3.05) is 16.8 Å². The van der Waals surface area contributed by atoms with E-state index in [1.165, 1.54) is 6.07 Å². The fourth-order valence-corrected chi connectivity index (χ4v) is 5.57. The number of aryl methyl sites for hydroxylation is 2. The van der Waals surface area contributed by atoms with E-state index in [4.69, 9.17) is 0 Å². The van der Waals surface area contributed by atoms with E-state index < -0.39 is 10.0 Å². The topological polar surface area (TPSA) is 78.8 Å². The van der Waals surface area contributed by atoms with E-state index in [0.29, 0.717) is 24.0 Å². The average molecular weight is 506 g/mol. The van der Waals surface area contributed by atoms with Crippen molar-refractivity contribution in [3.8, 4) is 0 Å². The third-order valence-corrected chi connectivity index (χ3v) is 7.09. The fraction of sp³-hybridized carbons (Fsp3) is 0.391. The maximum absolute atomic E-state index is 13.1. The van der Waals surface area contributed by atoms with Gasteiger partial charge in [-0.2, -0.15) is 8.42 Å². The van der Waals surface area contributed by atoms with Crippen LogP contribution >= 0.6 is 15.9 Å². The number of hydrogen-bond donors (Lipinski definition) is 1. The van der Waals surface area contributed by atoms with E-state index in [2.05, 4.69) is 39.5 Å². The normalized spacial score (nSPS) is 14.9. The number of nitrogens with zero attached hydrogens (tertiary/aromatic N) is 2. The number of rotatable bonds is 6. The van der Waals surface area contributed by atoms with Crippen LogP contribution in [0.1, 0.15) is 56.1 Å². The number of nitrogens with one attached hydrogen (secondary N) is 1. The minimum absolute atomic E-state index is 0.0636. The Kier molecular flexibility index (Phi) is 6.91. The minimum atomic E-state index is -3.86. The van der Waals surface area contributed by atoms with Gasteiger partial charge in [-0.25, -0.2) is 0 Å². The van der Waals surface area contributed by atoms with Gasteiger partial charge in [-0.05, 0) is 67.1 Å². The number of anilines is 2. The molecule has 1 aliphatic rings. The van der Waals surface area contributed by atoms with E-state index in [1.54, 1.807) is 19.1 Å². The van der Waals surface area contributed by atoms with Crippen molar-refractivity contribution in [1.82, 2.24) is 0 Å². The van der Waals surface area contributed by atoms with E-state index in [1.807, 2.05) is 30.9 Å². The molecule has 0 fully saturated rings. The van der Waals surface area contributed by atoms with E-state index >= 15 is 0 Å². The minimum Gasteiger partial charge on any atom is -0.328 e. The summed E-state index contributed by atoms with van der Waals surface area (Å²) in [5.74, 6) is 0.416. The summed E-state index contributed by atoms with van der Waals surface area (Å²) in [6.45, 7) is 10.5. The zero-order chi connectivity index (χ0) is 22.9. The zero-order valence-electron chi connectivity index (χ0n) is 18.5. The largest absolute Gasteiger partial charge is 0.328 e. The number of sulfonamides is 1. The third-order valence-electron chi connectivity index (χ3n) is 5.25. The predicted octanol–water partition coefficient (Wildman–Crippen LogP) is 5.41. The molecule has 0 aromatic heterocycles. The standard InChI is InChI=1S/C23H28BrN3O3S/c1-6-16-10-19(24)11-17(7-2)22(16)25-23(28)18-8-9-20-21(12-18)31(29,30)26-15(5)27(20)13-14(3)4/h8-12,14H,6-7,13H2,1-5H3,(H,25,28). The second-order valence-electron chi connectivity index (χ2n) is 8.06. The summed E-state index contributed by atoms with van der Waals surface area (Å²) in [4.78, 5) is 15.0. The summed E-state index contributed by atoms with van der Waals surface area (Å²) in [7, 11) is -3.86. The summed E-state index contributed by atoms with van der Waals surface area (Å²) >= 11 is 3.52. The first-order chi connectivity index (χ1) is 14.6. The number of amides is 1. The van der Waals surface area contributed by atoms with Crippen LogP contribution in [0.4, 0.5) is 11.4 Å². The molecule has 0 spiro atoms. The molecular formula is C23H28BrN3O3S. The second-order valence-corrected chi connectivity index (χ2v) is 10.5. The van der Waals surface area contributed by atoms with Crippen molar-refractivity contribution < 1.29 is 13.2 Å². The lowest BCUT2D eigenvalue weighted by Gasteiger charge is -2.31. The molecule has 1 amide bonds. The molecule has 0 saturated heterocycles. The number of fused-ring (bicyclic) bond motifs is 1. The average Bonchev–Trinajstić information content (AvgIpc) is 2.71. The molecule has 0 aliphatic carbocycles. The predicted molar refractivity (Wildman–Crippen MR) is 130 cm³/mol. The Labute approximate surface area is 192 Å². The van der Waals surface area contributed by atoms with Crippen LogP contribution in [0.2, 0.25) is 0 Å². The quantitative estimate of drug-likeness (QED) is 0.569. The number of benzene rings is 2. The van der Waals surface area contributed by atoms with Crippen LogP contribution in [0.5, 0.6) is 0 Å². The van der Waals surface area contributed by atoms with Crippen molar-refractivity contribution in [2.45, 2.75) is 52.4 Å². The highest BCUT2D eigenvalue weighted by molar-refractivity contribution is 9.10. The first-order valence-electron chi connectivity index (χ1n) is 10.4.